The van der Waals surface area contributed by atoms with Crippen LogP contribution in [-0.2, 0) is 17.8 Å². The molecule has 1 atom stereocenters. The third-order valence-corrected chi connectivity index (χ3v) is 3.67. The van der Waals surface area contributed by atoms with Gasteiger partial charge in [0, 0.05) is 24.4 Å². The average molecular weight is 292 g/mol. The van der Waals surface area contributed by atoms with Crippen LogP contribution < -0.4 is 5.32 Å². The molecule has 0 aliphatic carbocycles. The summed E-state index contributed by atoms with van der Waals surface area (Å²) in [5.74, 6) is 0. The van der Waals surface area contributed by atoms with Gasteiger partial charge in [-0.05, 0) is 30.5 Å². The Morgan fingerprint density at radius 2 is 2.40 bits per heavy atom. The molecule has 2 heterocycles. The van der Waals surface area contributed by atoms with E-state index in [1.807, 2.05) is 35.3 Å². The molecule has 1 fully saturated rings. The van der Waals surface area contributed by atoms with Crippen molar-refractivity contribution in [3.8, 4) is 0 Å². The molecule has 1 aliphatic rings. The van der Waals surface area contributed by atoms with Crippen LogP contribution in [0.1, 0.15) is 18.4 Å². The second-order valence-electron chi connectivity index (χ2n) is 5.07. The van der Waals surface area contributed by atoms with Crippen LogP contribution in [0, 0.1) is 0 Å². The Labute approximate surface area is 123 Å². The number of aromatic nitrogens is 2. The van der Waals surface area contributed by atoms with E-state index in [1.165, 1.54) is 0 Å². The van der Waals surface area contributed by atoms with Crippen molar-refractivity contribution in [1.82, 2.24) is 9.78 Å². The van der Waals surface area contributed by atoms with Gasteiger partial charge in [-0.3, -0.25) is 4.68 Å². The first kappa shape index (κ1) is 13.5. The Bertz CT molecular complexity index is 564. The first-order valence-electron chi connectivity index (χ1n) is 6.92. The van der Waals surface area contributed by atoms with Gasteiger partial charge in [0.25, 0.3) is 0 Å². The number of hydrogen-bond donors (Lipinski definition) is 1. The topological polar surface area (TPSA) is 39.1 Å². The summed E-state index contributed by atoms with van der Waals surface area (Å²) >= 11 is 5.97. The molecule has 1 N–H and O–H groups in total. The smallest absolute Gasteiger partial charge is 0.0771 e. The van der Waals surface area contributed by atoms with Crippen molar-refractivity contribution < 1.29 is 4.74 Å². The number of nitrogens with one attached hydrogen (secondary N) is 1. The average Bonchev–Trinajstić information content (AvgIpc) is 3.09. The minimum Gasteiger partial charge on any atom is -0.378 e. The summed E-state index contributed by atoms with van der Waals surface area (Å²) in [6, 6.07) is 7.85. The summed E-state index contributed by atoms with van der Waals surface area (Å²) in [5.41, 5.74) is 2.17. The Hall–Kier alpha value is -1.52. The number of halogens is 1. The lowest BCUT2D eigenvalue weighted by Gasteiger charge is -2.08. The van der Waals surface area contributed by atoms with E-state index in [1.54, 1.807) is 0 Å². The highest BCUT2D eigenvalue weighted by Gasteiger charge is 2.16. The number of nitrogens with zero attached hydrogens (tertiary/aromatic N) is 2. The lowest BCUT2D eigenvalue weighted by Crippen LogP contribution is -2.15. The van der Waals surface area contributed by atoms with Crippen molar-refractivity contribution in [2.24, 2.45) is 0 Å². The predicted molar refractivity (Wildman–Crippen MR) is 80.0 cm³/mol. The number of rotatable bonds is 5. The Morgan fingerprint density at radius 1 is 1.45 bits per heavy atom. The summed E-state index contributed by atoms with van der Waals surface area (Å²) in [6.07, 6.45) is 6.47. The van der Waals surface area contributed by atoms with Crippen LogP contribution in [0.15, 0.2) is 36.7 Å². The molecule has 1 unspecified atom stereocenters. The van der Waals surface area contributed by atoms with Gasteiger partial charge in [0.2, 0.25) is 0 Å². The maximum absolute atomic E-state index is 5.97. The molecule has 1 saturated heterocycles. The summed E-state index contributed by atoms with van der Waals surface area (Å²) in [7, 11) is 0. The molecule has 5 heteroatoms. The van der Waals surface area contributed by atoms with E-state index in [9.17, 15) is 0 Å². The summed E-state index contributed by atoms with van der Waals surface area (Å²) in [4.78, 5) is 0. The molecule has 106 valence electrons. The lowest BCUT2D eigenvalue weighted by molar-refractivity contribution is 0.0940. The molecule has 2 aromatic rings. The molecule has 1 aliphatic heterocycles. The second-order valence-corrected chi connectivity index (χ2v) is 5.51. The molecule has 0 radical (unpaired) electrons. The lowest BCUT2D eigenvalue weighted by atomic mass is 10.2. The van der Waals surface area contributed by atoms with Crippen LogP contribution in [0.4, 0.5) is 5.69 Å². The fourth-order valence-corrected chi connectivity index (χ4v) is 2.62. The van der Waals surface area contributed by atoms with Crippen molar-refractivity contribution in [2.45, 2.75) is 32.0 Å². The van der Waals surface area contributed by atoms with E-state index >= 15 is 0 Å². The summed E-state index contributed by atoms with van der Waals surface area (Å²) in [5, 5.41) is 8.47. The van der Waals surface area contributed by atoms with Gasteiger partial charge in [-0.2, -0.15) is 5.10 Å². The van der Waals surface area contributed by atoms with E-state index < -0.39 is 0 Å². The molecule has 20 heavy (non-hydrogen) atoms. The van der Waals surface area contributed by atoms with Crippen molar-refractivity contribution in [2.75, 3.05) is 11.9 Å². The van der Waals surface area contributed by atoms with Crippen molar-refractivity contribution in [3.05, 3.63) is 47.2 Å². The number of benzene rings is 1. The molecule has 1 aromatic heterocycles. The maximum atomic E-state index is 5.97. The van der Waals surface area contributed by atoms with Crippen LogP contribution in [0.2, 0.25) is 5.02 Å². The van der Waals surface area contributed by atoms with Crippen LogP contribution >= 0.6 is 11.6 Å². The second kappa shape index (κ2) is 6.29. The Balaban J connectivity index is 1.54. The molecule has 0 saturated carbocycles. The van der Waals surface area contributed by atoms with Gasteiger partial charge in [-0.1, -0.05) is 23.7 Å². The normalized spacial score (nSPS) is 18.4. The Kier molecular flexibility index (Phi) is 4.23. The van der Waals surface area contributed by atoms with E-state index in [0.29, 0.717) is 6.10 Å². The van der Waals surface area contributed by atoms with Crippen molar-refractivity contribution in [3.63, 3.8) is 0 Å². The van der Waals surface area contributed by atoms with Gasteiger partial charge in [0.15, 0.2) is 0 Å². The highest BCUT2D eigenvalue weighted by Crippen LogP contribution is 2.16. The molecule has 0 bridgehead atoms. The minimum absolute atomic E-state index is 0.315. The van der Waals surface area contributed by atoms with E-state index in [0.717, 1.165) is 48.8 Å². The zero-order valence-corrected chi connectivity index (χ0v) is 12.0. The first-order chi connectivity index (χ1) is 9.79. The summed E-state index contributed by atoms with van der Waals surface area (Å²) in [6.45, 7) is 2.46. The van der Waals surface area contributed by atoms with Crippen LogP contribution in [0.25, 0.3) is 0 Å². The molecule has 0 amide bonds. The molecule has 3 rings (SSSR count). The van der Waals surface area contributed by atoms with Crippen LogP contribution in [0.3, 0.4) is 0 Å². The minimum atomic E-state index is 0.315. The highest BCUT2D eigenvalue weighted by molar-refractivity contribution is 6.30. The molecular formula is C15H18ClN3O. The third kappa shape index (κ3) is 3.52. The molecule has 4 nitrogen and oxygen atoms in total. The molecule has 1 aromatic carbocycles. The zero-order chi connectivity index (χ0) is 13.8. The maximum Gasteiger partial charge on any atom is 0.0771 e. The zero-order valence-electron chi connectivity index (χ0n) is 11.3. The Morgan fingerprint density at radius 3 is 3.20 bits per heavy atom. The first-order valence-corrected chi connectivity index (χ1v) is 7.30. The fraction of sp³-hybridized carbons (Fsp3) is 0.400. The van der Waals surface area contributed by atoms with E-state index in [2.05, 4.69) is 16.5 Å². The number of hydrogen-bond acceptors (Lipinski definition) is 3. The van der Waals surface area contributed by atoms with Gasteiger partial charge < -0.3 is 10.1 Å². The third-order valence-electron chi connectivity index (χ3n) is 3.43. The monoisotopic (exact) mass is 291 g/mol. The predicted octanol–water partition coefficient (Wildman–Crippen LogP) is 3.33. The van der Waals surface area contributed by atoms with E-state index in [-0.39, 0.29) is 0 Å². The van der Waals surface area contributed by atoms with Crippen molar-refractivity contribution >= 4 is 17.3 Å². The highest BCUT2D eigenvalue weighted by atomic mass is 35.5. The van der Waals surface area contributed by atoms with Crippen LogP contribution in [0.5, 0.6) is 0 Å². The quantitative estimate of drug-likeness (QED) is 0.918. The fourth-order valence-electron chi connectivity index (χ4n) is 2.40. The summed E-state index contributed by atoms with van der Waals surface area (Å²) < 4.78 is 7.55. The SMILES string of the molecule is Clc1cccc(CNc2cnn(CC3CCCO3)c2)c1. The van der Waals surface area contributed by atoms with Gasteiger partial charge in [0.1, 0.15) is 0 Å². The van der Waals surface area contributed by atoms with Crippen molar-refractivity contribution in [1.29, 1.82) is 0 Å². The largest absolute Gasteiger partial charge is 0.378 e. The van der Waals surface area contributed by atoms with Gasteiger partial charge in [0.05, 0.1) is 24.5 Å². The molecule has 0 spiro atoms. The number of anilines is 1. The molecular weight excluding hydrogens is 274 g/mol. The van der Waals surface area contributed by atoms with Gasteiger partial charge in [-0.25, -0.2) is 0 Å². The van der Waals surface area contributed by atoms with Gasteiger partial charge in [-0.15, -0.1) is 0 Å². The van der Waals surface area contributed by atoms with Crippen LogP contribution in [-0.4, -0.2) is 22.5 Å². The van der Waals surface area contributed by atoms with Gasteiger partial charge >= 0.3 is 0 Å². The standard InChI is InChI=1S/C15H18ClN3O/c16-13-4-1-3-12(7-13)8-17-14-9-18-19(10-14)11-15-5-2-6-20-15/h1,3-4,7,9-10,15,17H,2,5-6,8,11H2. The van der Waals surface area contributed by atoms with E-state index in [4.69, 9.17) is 16.3 Å². The number of ether oxygens (including phenoxy) is 1.